The molecule has 2 aromatic heterocycles. The third-order valence-corrected chi connectivity index (χ3v) is 9.65. The molecule has 7 heteroatoms. The standard InChI is InChI=1S/C32H35N3O3S/c1-6-32(3,4)20-13-16-23-25(17-20)39-31(27(23)29(33)36)35-30(37)26-18(2)28(19-11-14-21(38-5)15-12-19)34-24-10-8-7-9-22(24)26/h7-12,14-15,20H,6,13,16-17H2,1-5H3,(H2,33,36)(H,35,37). The number of fused-ring (bicyclic) bond motifs is 2. The molecule has 1 atom stereocenters. The number of amides is 2. The van der Waals surface area contributed by atoms with E-state index < -0.39 is 5.91 Å². The minimum Gasteiger partial charge on any atom is -0.497 e. The van der Waals surface area contributed by atoms with Gasteiger partial charge >= 0.3 is 0 Å². The van der Waals surface area contributed by atoms with Crippen molar-refractivity contribution < 1.29 is 14.3 Å². The SMILES string of the molecule is CCC(C)(C)C1CCc2c(sc(NC(=O)c3c(C)c(-c4ccc(OC)cc4)nc4ccccc34)c2C(N)=O)C1. The summed E-state index contributed by atoms with van der Waals surface area (Å²) < 4.78 is 5.31. The van der Waals surface area contributed by atoms with Gasteiger partial charge in [0.05, 0.1) is 29.4 Å². The molecule has 2 amide bonds. The maximum Gasteiger partial charge on any atom is 0.257 e. The maximum atomic E-state index is 14.0. The van der Waals surface area contributed by atoms with Crippen LogP contribution in [0.3, 0.4) is 0 Å². The van der Waals surface area contributed by atoms with E-state index in [0.717, 1.165) is 69.6 Å². The molecule has 0 aliphatic heterocycles. The first kappa shape index (κ1) is 26.9. The second kappa shape index (κ2) is 10.5. The molecule has 5 rings (SSSR count). The molecule has 1 unspecified atom stereocenters. The smallest absolute Gasteiger partial charge is 0.257 e. The number of rotatable bonds is 7. The van der Waals surface area contributed by atoms with E-state index in [0.29, 0.717) is 22.0 Å². The number of hydrogen-bond acceptors (Lipinski definition) is 5. The van der Waals surface area contributed by atoms with Crippen molar-refractivity contribution in [1.29, 1.82) is 0 Å². The summed E-state index contributed by atoms with van der Waals surface area (Å²) in [4.78, 5) is 32.7. The predicted molar refractivity (Wildman–Crippen MR) is 159 cm³/mol. The number of pyridine rings is 1. The van der Waals surface area contributed by atoms with Gasteiger partial charge in [-0.3, -0.25) is 9.59 Å². The van der Waals surface area contributed by atoms with Crippen molar-refractivity contribution in [3.63, 3.8) is 0 Å². The number of carbonyl (C=O) groups is 2. The molecule has 0 fully saturated rings. The highest BCUT2D eigenvalue weighted by atomic mass is 32.1. The molecule has 0 radical (unpaired) electrons. The van der Waals surface area contributed by atoms with Crippen molar-refractivity contribution in [2.24, 2.45) is 17.1 Å². The molecular formula is C32H35N3O3S. The van der Waals surface area contributed by atoms with Crippen LogP contribution in [0, 0.1) is 18.3 Å². The molecule has 0 saturated heterocycles. The number of aromatic nitrogens is 1. The summed E-state index contributed by atoms with van der Waals surface area (Å²) in [6, 6.07) is 15.3. The number of hydrogen-bond donors (Lipinski definition) is 2. The van der Waals surface area contributed by atoms with Crippen molar-refractivity contribution in [2.75, 3.05) is 12.4 Å². The molecule has 2 heterocycles. The van der Waals surface area contributed by atoms with Crippen molar-refractivity contribution >= 4 is 39.1 Å². The van der Waals surface area contributed by atoms with Gasteiger partial charge < -0.3 is 15.8 Å². The van der Waals surface area contributed by atoms with E-state index >= 15 is 0 Å². The summed E-state index contributed by atoms with van der Waals surface area (Å²) in [5, 5.41) is 4.39. The summed E-state index contributed by atoms with van der Waals surface area (Å²) in [7, 11) is 1.63. The Morgan fingerprint density at radius 3 is 2.51 bits per heavy atom. The number of nitrogens with two attached hydrogens (primary N) is 1. The third-order valence-electron chi connectivity index (χ3n) is 8.48. The Morgan fingerprint density at radius 2 is 1.85 bits per heavy atom. The van der Waals surface area contributed by atoms with Gasteiger partial charge in [-0.05, 0) is 79.0 Å². The Kier molecular flexibility index (Phi) is 7.21. The number of ether oxygens (including phenoxy) is 1. The summed E-state index contributed by atoms with van der Waals surface area (Å²) >= 11 is 1.50. The zero-order valence-electron chi connectivity index (χ0n) is 23.2. The highest BCUT2D eigenvalue weighted by Crippen LogP contribution is 2.45. The Balaban J connectivity index is 1.57. The topological polar surface area (TPSA) is 94.3 Å². The van der Waals surface area contributed by atoms with Crippen LogP contribution in [0.15, 0.2) is 48.5 Å². The van der Waals surface area contributed by atoms with Crippen LogP contribution in [-0.4, -0.2) is 23.9 Å². The highest BCUT2D eigenvalue weighted by Gasteiger charge is 2.35. The van der Waals surface area contributed by atoms with Gasteiger partial charge in [0.1, 0.15) is 10.8 Å². The van der Waals surface area contributed by atoms with E-state index in [1.807, 2.05) is 55.5 Å². The number of nitrogens with zero attached hydrogens (tertiary/aromatic N) is 1. The molecule has 1 aliphatic carbocycles. The highest BCUT2D eigenvalue weighted by molar-refractivity contribution is 7.17. The van der Waals surface area contributed by atoms with Crippen LogP contribution in [0.5, 0.6) is 5.75 Å². The Hall–Kier alpha value is -3.71. The van der Waals surface area contributed by atoms with Crippen LogP contribution >= 0.6 is 11.3 Å². The van der Waals surface area contributed by atoms with E-state index in [1.165, 1.54) is 11.3 Å². The van der Waals surface area contributed by atoms with Gasteiger partial charge in [-0.1, -0.05) is 45.4 Å². The van der Waals surface area contributed by atoms with E-state index in [9.17, 15) is 9.59 Å². The predicted octanol–water partition coefficient (Wildman–Crippen LogP) is 7.17. The van der Waals surface area contributed by atoms with Gasteiger partial charge in [0.2, 0.25) is 0 Å². The fourth-order valence-electron chi connectivity index (χ4n) is 5.69. The third kappa shape index (κ3) is 4.91. The number of anilines is 1. The average molecular weight is 542 g/mol. The normalized spacial score (nSPS) is 15.2. The van der Waals surface area contributed by atoms with Crippen LogP contribution in [0.25, 0.3) is 22.2 Å². The van der Waals surface area contributed by atoms with Crippen molar-refractivity contribution in [2.45, 2.75) is 53.4 Å². The molecule has 3 N–H and O–H groups in total. The lowest BCUT2D eigenvalue weighted by atomic mass is 9.69. The molecule has 0 saturated carbocycles. The number of benzene rings is 2. The summed E-state index contributed by atoms with van der Waals surface area (Å²) in [5.74, 6) is 0.510. The van der Waals surface area contributed by atoms with Crippen molar-refractivity contribution in [3.05, 3.63) is 75.7 Å². The van der Waals surface area contributed by atoms with Crippen LogP contribution in [0.1, 0.15) is 70.3 Å². The molecular weight excluding hydrogens is 506 g/mol. The monoisotopic (exact) mass is 541 g/mol. The van der Waals surface area contributed by atoms with Crippen LogP contribution in [0.4, 0.5) is 5.00 Å². The van der Waals surface area contributed by atoms with E-state index in [1.54, 1.807) is 7.11 Å². The van der Waals surface area contributed by atoms with Crippen LogP contribution < -0.4 is 15.8 Å². The van der Waals surface area contributed by atoms with E-state index in [2.05, 4.69) is 26.1 Å². The van der Waals surface area contributed by atoms with Crippen molar-refractivity contribution in [1.82, 2.24) is 4.98 Å². The van der Waals surface area contributed by atoms with E-state index in [-0.39, 0.29) is 11.3 Å². The summed E-state index contributed by atoms with van der Waals surface area (Å²) in [6.45, 7) is 8.77. The molecule has 0 bridgehead atoms. The Labute approximate surface area is 233 Å². The van der Waals surface area contributed by atoms with Gasteiger partial charge in [0, 0.05) is 15.8 Å². The lowest BCUT2D eigenvalue weighted by Gasteiger charge is -2.36. The lowest BCUT2D eigenvalue weighted by molar-refractivity contribution is 0.0999. The van der Waals surface area contributed by atoms with Gasteiger partial charge in [-0.25, -0.2) is 4.98 Å². The quantitative estimate of drug-likeness (QED) is 0.259. The van der Waals surface area contributed by atoms with Gasteiger partial charge in [-0.2, -0.15) is 0 Å². The van der Waals surface area contributed by atoms with Crippen LogP contribution in [-0.2, 0) is 12.8 Å². The number of thiophene rings is 1. The fourth-order valence-corrected chi connectivity index (χ4v) is 7.01. The minimum absolute atomic E-state index is 0.211. The Morgan fingerprint density at radius 1 is 1.13 bits per heavy atom. The number of carbonyl (C=O) groups excluding carboxylic acids is 2. The Bertz CT molecular complexity index is 1570. The average Bonchev–Trinajstić information content (AvgIpc) is 3.30. The summed E-state index contributed by atoms with van der Waals surface area (Å²) in [6.07, 6.45) is 3.80. The number of nitrogens with one attached hydrogen (secondary N) is 1. The van der Waals surface area contributed by atoms with Crippen LogP contribution in [0.2, 0.25) is 0 Å². The largest absolute Gasteiger partial charge is 0.497 e. The van der Waals surface area contributed by atoms with E-state index in [4.69, 9.17) is 15.5 Å². The second-order valence-electron chi connectivity index (χ2n) is 11.0. The minimum atomic E-state index is -0.494. The first-order valence-electron chi connectivity index (χ1n) is 13.4. The summed E-state index contributed by atoms with van der Waals surface area (Å²) in [5.41, 5.74) is 11.2. The number of para-hydroxylation sites is 1. The zero-order valence-corrected chi connectivity index (χ0v) is 24.0. The molecule has 2 aromatic carbocycles. The molecule has 4 aromatic rings. The first-order valence-corrected chi connectivity index (χ1v) is 14.3. The molecule has 39 heavy (non-hydrogen) atoms. The molecule has 202 valence electrons. The fraction of sp³-hybridized carbons (Fsp3) is 0.344. The van der Waals surface area contributed by atoms with Gasteiger partial charge in [-0.15, -0.1) is 11.3 Å². The molecule has 1 aliphatic rings. The zero-order chi connectivity index (χ0) is 27.9. The van der Waals surface area contributed by atoms with Crippen molar-refractivity contribution in [3.8, 4) is 17.0 Å². The number of methoxy groups -OCH3 is 1. The molecule has 0 spiro atoms. The second-order valence-corrected chi connectivity index (χ2v) is 12.1. The first-order chi connectivity index (χ1) is 18.6. The maximum absolute atomic E-state index is 14.0. The number of primary amides is 1. The molecule has 6 nitrogen and oxygen atoms in total. The van der Waals surface area contributed by atoms with Gasteiger partial charge in [0.15, 0.2) is 0 Å². The van der Waals surface area contributed by atoms with Gasteiger partial charge in [0.25, 0.3) is 11.8 Å². The lowest BCUT2D eigenvalue weighted by Crippen LogP contribution is -2.29.